The highest BCUT2D eigenvalue weighted by Gasteiger charge is 2.28. The van der Waals surface area contributed by atoms with Gasteiger partial charge in [0.2, 0.25) is 0 Å². The number of rotatable bonds is 15. The van der Waals surface area contributed by atoms with Crippen LogP contribution in [0.2, 0.25) is 0 Å². The van der Waals surface area contributed by atoms with Gasteiger partial charge in [-0.1, -0.05) is 102 Å². The summed E-state index contributed by atoms with van der Waals surface area (Å²) in [7, 11) is -0.0931. The molecule has 3 nitrogen and oxygen atoms in total. The molecule has 0 radical (unpaired) electrons. The summed E-state index contributed by atoms with van der Waals surface area (Å²) in [4.78, 5) is 13.3. The number of ether oxygens (including phenoxy) is 1. The number of carbonyl (C=O) groups is 1. The fourth-order valence-corrected chi connectivity index (χ4v) is 5.88. The highest BCUT2D eigenvalue weighted by molar-refractivity contribution is 7.97. The Morgan fingerprint density at radius 3 is 1.50 bits per heavy atom. The van der Waals surface area contributed by atoms with Gasteiger partial charge in [0, 0.05) is 5.97 Å². The van der Waals surface area contributed by atoms with E-state index < -0.39 is 5.97 Å². The van der Waals surface area contributed by atoms with Crippen molar-refractivity contribution in [2.75, 3.05) is 6.61 Å². The van der Waals surface area contributed by atoms with Gasteiger partial charge in [0.05, 0.1) is 17.5 Å². The van der Waals surface area contributed by atoms with E-state index in [1.54, 1.807) is 0 Å². The lowest BCUT2D eigenvalue weighted by molar-refractivity contribution is -0.305. The van der Waals surface area contributed by atoms with Gasteiger partial charge in [0.15, 0.2) is 14.7 Å². The second-order valence-corrected chi connectivity index (χ2v) is 10.8. The van der Waals surface area contributed by atoms with Crippen molar-refractivity contribution in [1.29, 1.82) is 0 Å². The van der Waals surface area contributed by atoms with Crippen molar-refractivity contribution in [2.45, 2.75) is 92.7 Å². The number of hydrogen-bond donors (Lipinski definition) is 0. The van der Waals surface area contributed by atoms with Gasteiger partial charge in [-0.3, -0.25) is 0 Å². The normalized spacial score (nSPS) is 10.5. The van der Waals surface area contributed by atoms with E-state index in [1.165, 1.54) is 73.0 Å². The van der Waals surface area contributed by atoms with Crippen molar-refractivity contribution in [2.24, 2.45) is 0 Å². The molecule has 0 saturated carbocycles. The maximum atomic E-state index is 9.26. The van der Waals surface area contributed by atoms with Gasteiger partial charge >= 0.3 is 0 Å². The molecule has 0 aliphatic rings. The zero-order chi connectivity index (χ0) is 25.8. The lowest BCUT2D eigenvalue weighted by Gasteiger charge is -2.09. The zero-order valence-corrected chi connectivity index (χ0v) is 22.8. The molecular weight excluding hydrogens is 464 g/mol. The summed E-state index contributed by atoms with van der Waals surface area (Å²) >= 11 is 0. The van der Waals surface area contributed by atoms with Crippen LogP contribution in [0.4, 0.5) is 0 Å². The lowest BCUT2D eigenvalue weighted by atomic mass is 10.1. The summed E-state index contributed by atoms with van der Waals surface area (Å²) in [6, 6.07) is 30.3. The SMILES string of the molecule is CCC(=O)[O-].CCCCCCCCCCCOc1ccc([S+](c2ccccc2)c2ccccc2)cc1. The third-order valence-electron chi connectivity index (χ3n) is 5.82. The van der Waals surface area contributed by atoms with Gasteiger partial charge in [0.1, 0.15) is 5.75 Å². The molecule has 0 heterocycles. The van der Waals surface area contributed by atoms with Crippen LogP contribution in [0.15, 0.2) is 99.6 Å². The number of carboxylic acid groups (broad SMARTS) is 1. The summed E-state index contributed by atoms with van der Waals surface area (Å²) in [5.41, 5.74) is 0. The van der Waals surface area contributed by atoms with Crippen LogP contribution in [0.1, 0.15) is 78.1 Å². The van der Waals surface area contributed by atoms with Gasteiger partial charge in [-0.15, -0.1) is 0 Å². The zero-order valence-electron chi connectivity index (χ0n) is 22.0. The molecule has 3 rings (SSSR count). The fraction of sp³-hybridized carbons (Fsp3) is 0.406. The average Bonchev–Trinajstić information content (AvgIpc) is 2.92. The summed E-state index contributed by atoms with van der Waals surface area (Å²) < 4.78 is 6.01. The molecule has 194 valence electrons. The highest BCUT2D eigenvalue weighted by atomic mass is 32.2. The number of aliphatic carboxylic acids is 1. The third-order valence-corrected chi connectivity index (χ3v) is 8.05. The monoisotopic (exact) mass is 506 g/mol. The molecule has 36 heavy (non-hydrogen) atoms. The molecule has 3 aromatic carbocycles. The summed E-state index contributed by atoms with van der Waals surface area (Å²) in [5.74, 6) is -0.0158. The molecule has 0 aliphatic heterocycles. The largest absolute Gasteiger partial charge is 0.550 e. The first-order valence-electron chi connectivity index (χ1n) is 13.4. The molecule has 0 aliphatic carbocycles. The van der Waals surface area contributed by atoms with Gasteiger partial charge in [-0.05, 0) is 61.4 Å². The summed E-state index contributed by atoms with van der Waals surface area (Å²) in [6.45, 7) is 4.63. The Morgan fingerprint density at radius 2 is 1.06 bits per heavy atom. The molecule has 0 fully saturated rings. The van der Waals surface area contributed by atoms with Crippen molar-refractivity contribution < 1.29 is 14.6 Å². The van der Waals surface area contributed by atoms with Crippen molar-refractivity contribution in [3.05, 3.63) is 84.9 Å². The third kappa shape index (κ3) is 11.8. The second-order valence-electron chi connectivity index (χ2n) is 8.81. The topological polar surface area (TPSA) is 49.4 Å². The molecule has 0 unspecified atom stereocenters. The van der Waals surface area contributed by atoms with E-state index in [0.717, 1.165) is 18.8 Å². The van der Waals surface area contributed by atoms with Gasteiger partial charge in [0.25, 0.3) is 0 Å². The molecule has 0 bridgehead atoms. The van der Waals surface area contributed by atoms with E-state index in [2.05, 4.69) is 91.9 Å². The minimum atomic E-state index is -0.995. The highest BCUT2D eigenvalue weighted by Crippen LogP contribution is 2.31. The number of carboxylic acids is 1. The fourth-order valence-electron chi connectivity index (χ4n) is 3.80. The van der Waals surface area contributed by atoms with Crippen LogP contribution in [0.3, 0.4) is 0 Å². The summed E-state index contributed by atoms with van der Waals surface area (Å²) in [6.07, 6.45) is 12.2. The Hall–Kier alpha value is -2.72. The molecule has 0 spiro atoms. The molecule has 0 atom stereocenters. The smallest absolute Gasteiger partial charge is 0.166 e. The van der Waals surface area contributed by atoms with Crippen molar-refractivity contribution in [1.82, 2.24) is 0 Å². The Morgan fingerprint density at radius 1 is 0.639 bits per heavy atom. The summed E-state index contributed by atoms with van der Waals surface area (Å²) in [5, 5.41) is 9.26. The van der Waals surface area contributed by atoms with E-state index in [-0.39, 0.29) is 17.3 Å². The molecule has 0 amide bonds. The van der Waals surface area contributed by atoms with Gasteiger partial charge in [-0.2, -0.15) is 0 Å². The van der Waals surface area contributed by atoms with Crippen LogP contribution in [0, 0.1) is 0 Å². The van der Waals surface area contributed by atoms with Crippen LogP contribution >= 0.6 is 0 Å². The second kappa shape index (κ2) is 18.5. The Bertz CT molecular complexity index is 903. The molecule has 0 saturated heterocycles. The van der Waals surface area contributed by atoms with Gasteiger partial charge in [-0.25, -0.2) is 0 Å². The standard InChI is InChI=1S/C29H37OS.C3H6O2/c1-2-3-4-5-6-7-8-9-16-25-30-26-21-23-29(24-22-26)31(27-17-12-10-13-18-27)28-19-14-11-15-20-28;1-2-3(4)5/h10-15,17-24H,2-9,16,25H2,1H3;2H2,1H3,(H,4,5)/q+1;/p-1. The Kier molecular flexibility index (Phi) is 15.2. The van der Waals surface area contributed by atoms with E-state index in [0.29, 0.717) is 0 Å². The van der Waals surface area contributed by atoms with Crippen LogP contribution < -0.4 is 9.84 Å². The van der Waals surface area contributed by atoms with Crippen molar-refractivity contribution >= 4 is 16.9 Å². The van der Waals surface area contributed by atoms with Gasteiger partial charge < -0.3 is 14.6 Å². The Balaban J connectivity index is 0.000000830. The van der Waals surface area contributed by atoms with E-state index in [9.17, 15) is 9.90 Å². The van der Waals surface area contributed by atoms with Crippen molar-refractivity contribution in [3.63, 3.8) is 0 Å². The minimum absolute atomic E-state index is 0.0931. The van der Waals surface area contributed by atoms with Crippen molar-refractivity contribution in [3.8, 4) is 5.75 Å². The predicted molar refractivity (Wildman–Crippen MR) is 150 cm³/mol. The molecular formula is C32H42O3S. The maximum absolute atomic E-state index is 9.26. The van der Waals surface area contributed by atoms with Crippen LogP contribution in [-0.2, 0) is 15.7 Å². The number of carbonyl (C=O) groups excluding carboxylic acids is 1. The predicted octanol–water partition coefficient (Wildman–Crippen LogP) is 7.84. The molecule has 4 heteroatoms. The van der Waals surface area contributed by atoms with E-state index in [4.69, 9.17) is 4.74 Å². The average molecular weight is 507 g/mol. The minimum Gasteiger partial charge on any atom is -0.550 e. The van der Waals surface area contributed by atoms with E-state index in [1.807, 2.05) is 0 Å². The number of hydrogen-bond acceptors (Lipinski definition) is 3. The Labute approximate surface area is 221 Å². The first-order chi connectivity index (χ1) is 17.7. The van der Waals surface area contributed by atoms with Crippen LogP contribution in [0.5, 0.6) is 5.75 Å². The lowest BCUT2D eigenvalue weighted by Crippen LogP contribution is -2.19. The van der Waals surface area contributed by atoms with Crippen LogP contribution in [0.25, 0.3) is 0 Å². The van der Waals surface area contributed by atoms with E-state index >= 15 is 0 Å². The quantitative estimate of drug-likeness (QED) is 0.156. The molecule has 3 aromatic rings. The first-order valence-corrected chi connectivity index (χ1v) is 14.6. The van der Waals surface area contributed by atoms with Crippen LogP contribution in [-0.4, -0.2) is 12.6 Å². The number of benzene rings is 3. The number of unbranched alkanes of at least 4 members (excludes halogenated alkanes) is 8. The first kappa shape index (κ1) is 29.5. The maximum Gasteiger partial charge on any atom is 0.166 e. The molecule has 0 aromatic heterocycles. The molecule has 0 N–H and O–H groups in total.